The van der Waals surface area contributed by atoms with Gasteiger partial charge in [0.25, 0.3) is 0 Å². The van der Waals surface area contributed by atoms with Gasteiger partial charge in [-0.2, -0.15) is 0 Å². The van der Waals surface area contributed by atoms with Crippen molar-refractivity contribution in [1.29, 1.82) is 0 Å². The maximum absolute atomic E-state index is 12.8. The lowest BCUT2D eigenvalue weighted by Gasteiger charge is -2.37. The molecular weight excluding hydrogens is 547 g/mol. The Hall–Kier alpha value is -2.20. The third kappa shape index (κ3) is 8.91. The molecule has 1 aromatic rings. The number of allylic oxidation sites excluding steroid dienone is 2. The number of esters is 2. The van der Waals surface area contributed by atoms with Crippen molar-refractivity contribution < 1.29 is 32.8 Å². The molecule has 234 valence electrons. The molecule has 1 aromatic carbocycles. The summed E-state index contributed by atoms with van der Waals surface area (Å²) in [6, 6.07) is 10.00. The quantitative estimate of drug-likeness (QED) is 0.0961. The lowest BCUT2D eigenvalue weighted by atomic mass is 9.65. The summed E-state index contributed by atoms with van der Waals surface area (Å²) in [6.45, 7) is 28.0. The van der Waals surface area contributed by atoms with Gasteiger partial charge in [-0.1, -0.05) is 63.3 Å². The highest BCUT2D eigenvalue weighted by atomic mass is 28.4. The lowest BCUT2D eigenvalue weighted by molar-refractivity contribution is -0.158. The van der Waals surface area contributed by atoms with Crippen LogP contribution in [0.25, 0.3) is 0 Å². The Morgan fingerprint density at radius 1 is 0.952 bits per heavy atom. The molecule has 2 atom stereocenters. The summed E-state index contributed by atoms with van der Waals surface area (Å²) in [7, 11) is -2.64. The van der Waals surface area contributed by atoms with Crippen LogP contribution >= 0.6 is 0 Å². The molecule has 0 N–H and O–H groups in total. The Bertz CT molecular complexity index is 1060. The molecule has 0 aromatic heterocycles. The molecule has 0 unspecified atom stereocenters. The van der Waals surface area contributed by atoms with Crippen LogP contribution in [0.3, 0.4) is 0 Å². The van der Waals surface area contributed by atoms with Crippen LogP contribution in [0.2, 0.25) is 18.1 Å². The number of benzene rings is 1. The van der Waals surface area contributed by atoms with Gasteiger partial charge in [-0.15, -0.1) is 6.58 Å². The van der Waals surface area contributed by atoms with Crippen LogP contribution in [0.1, 0.15) is 80.2 Å². The van der Waals surface area contributed by atoms with Crippen LogP contribution < -0.4 is 0 Å². The Balaban J connectivity index is 2.56. The van der Waals surface area contributed by atoms with E-state index >= 15 is 0 Å². The number of hydrogen-bond donors (Lipinski definition) is 0. The van der Waals surface area contributed by atoms with E-state index in [0.717, 1.165) is 11.0 Å². The molecule has 1 aliphatic rings. The molecule has 1 saturated heterocycles. The molecule has 0 radical (unpaired) electrons. The Kier molecular flexibility index (Phi) is 12.4. The summed E-state index contributed by atoms with van der Waals surface area (Å²) in [5, 5.41) is 0.0659. The zero-order valence-corrected chi connectivity index (χ0v) is 28.7. The number of ether oxygens (including phenoxy) is 2. The van der Waals surface area contributed by atoms with E-state index in [2.05, 4.69) is 40.4 Å². The molecule has 9 heteroatoms. The molecule has 1 aliphatic heterocycles. The average molecular weight is 601 g/mol. The fourth-order valence-corrected chi connectivity index (χ4v) is 5.58. The largest absolute Gasteiger partial charge is 0.490 e. The maximum Gasteiger partial charge on any atom is 0.490 e. The summed E-state index contributed by atoms with van der Waals surface area (Å²) < 4.78 is 29.9. The standard InChI is InChI=1S/C33H53BO7Si/c1-13-37-29(35)28(30(36)38-14-2)21-20-27(25-18-16-15-17-19-25)26(22-23-39-42(11,12)31(4,5)6)24(3)34-40-32(7,8)33(9,10)41-34/h15-21,26-28H,3,13-14,22-23H2,1-2,4-12H3/b21-20+/t26-,27+/m1/s1. The maximum atomic E-state index is 12.8. The monoisotopic (exact) mass is 600 g/mol. The number of rotatable bonds is 14. The van der Waals surface area contributed by atoms with Gasteiger partial charge in [-0.25, -0.2) is 0 Å². The minimum Gasteiger partial charge on any atom is -0.465 e. The van der Waals surface area contributed by atoms with Gasteiger partial charge in [-0.05, 0) is 83.0 Å². The normalized spacial score (nSPS) is 18.2. The first-order chi connectivity index (χ1) is 19.4. The van der Waals surface area contributed by atoms with Crippen molar-refractivity contribution >= 4 is 27.4 Å². The molecule has 42 heavy (non-hydrogen) atoms. The predicted octanol–water partition coefficient (Wildman–Crippen LogP) is 7.28. The van der Waals surface area contributed by atoms with E-state index in [1.54, 1.807) is 19.9 Å². The van der Waals surface area contributed by atoms with Crippen LogP contribution in [-0.2, 0) is 32.8 Å². The van der Waals surface area contributed by atoms with Crippen LogP contribution in [0.5, 0.6) is 0 Å². The smallest absolute Gasteiger partial charge is 0.465 e. The molecular formula is C33H53BO7Si. The Morgan fingerprint density at radius 3 is 1.90 bits per heavy atom. The number of hydrogen-bond acceptors (Lipinski definition) is 7. The Morgan fingerprint density at radius 2 is 1.45 bits per heavy atom. The van der Waals surface area contributed by atoms with Crippen LogP contribution in [0.15, 0.2) is 54.5 Å². The molecule has 0 spiro atoms. The molecule has 0 bridgehead atoms. The second kappa shape index (κ2) is 14.5. The van der Waals surface area contributed by atoms with Gasteiger partial charge in [0, 0.05) is 12.5 Å². The van der Waals surface area contributed by atoms with Gasteiger partial charge < -0.3 is 23.2 Å². The Labute approximate surface area is 255 Å². The topological polar surface area (TPSA) is 80.3 Å². The number of carbonyl (C=O) groups excluding carboxylic acids is 2. The summed E-state index contributed by atoms with van der Waals surface area (Å²) in [6.07, 6.45) is 4.15. The third-order valence-electron chi connectivity index (χ3n) is 8.94. The van der Waals surface area contributed by atoms with Gasteiger partial charge >= 0.3 is 19.1 Å². The van der Waals surface area contributed by atoms with Crippen molar-refractivity contribution in [1.82, 2.24) is 0 Å². The van der Waals surface area contributed by atoms with Crippen molar-refractivity contribution in [2.24, 2.45) is 11.8 Å². The summed E-state index contributed by atoms with van der Waals surface area (Å²) >= 11 is 0. The van der Waals surface area contributed by atoms with Gasteiger partial charge in [0.15, 0.2) is 14.2 Å². The summed E-state index contributed by atoms with van der Waals surface area (Å²) in [4.78, 5) is 25.6. The van der Waals surface area contributed by atoms with Gasteiger partial charge in [0.05, 0.1) is 24.4 Å². The first-order valence-corrected chi connectivity index (χ1v) is 18.0. The summed E-state index contributed by atoms with van der Waals surface area (Å²) in [5.74, 6) is -2.89. The fraction of sp³-hybridized carbons (Fsp3) is 0.636. The van der Waals surface area contributed by atoms with E-state index in [-0.39, 0.29) is 30.1 Å². The SMILES string of the molecule is C=C(B1OC(C)(C)C(C)(C)O1)[C@@H](CCO[Si](C)(C)C(C)(C)C)[C@@H](/C=C/C(C(=O)OCC)C(=O)OCC)c1ccccc1. The third-order valence-corrected chi connectivity index (χ3v) is 13.5. The van der Waals surface area contributed by atoms with E-state index in [0.29, 0.717) is 13.0 Å². The lowest BCUT2D eigenvalue weighted by Crippen LogP contribution is -2.41. The first kappa shape index (κ1) is 36.0. The van der Waals surface area contributed by atoms with Gasteiger partial charge in [0.1, 0.15) is 0 Å². The van der Waals surface area contributed by atoms with Crippen molar-refractivity contribution in [3.8, 4) is 0 Å². The van der Waals surface area contributed by atoms with E-state index in [4.69, 9.17) is 23.2 Å². The molecule has 1 heterocycles. The van der Waals surface area contributed by atoms with E-state index in [1.165, 1.54) is 0 Å². The van der Waals surface area contributed by atoms with Crippen LogP contribution in [0.4, 0.5) is 0 Å². The zero-order valence-electron chi connectivity index (χ0n) is 27.7. The second-order valence-electron chi connectivity index (χ2n) is 13.5. The molecule has 0 aliphatic carbocycles. The minimum atomic E-state index is -2.02. The van der Waals surface area contributed by atoms with Gasteiger partial charge in [-0.3, -0.25) is 9.59 Å². The van der Waals surface area contributed by atoms with Crippen molar-refractivity contribution in [3.63, 3.8) is 0 Å². The van der Waals surface area contributed by atoms with Crippen molar-refractivity contribution in [2.45, 2.75) is 104 Å². The van der Waals surface area contributed by atoms with E-state index in [1.807, 2.05) is 64.1 Å². The number of carbonyl (C=O) groups is 2. The molecule has 0 amide bonds. The fourth-order valence-electron chi connectivity index (χ4n) is 4.52. The van der Waals surface area contributed by atoms with Crippen LogP contribution in [0, 0.1) is 11.8 Å². The minimum absolute atomic E-state index is 0.0659. The van der Waals surface area contributed by atoms with Crippen LogP contribution in [-0.4, -0.2) is 58.4 Å². The second-order valence-corrected chi connectivity index (χ2v) is 18.3. The van der Waals surface area contributed by atoms with E-state index in [9.17, 15) is 9.59 Å². The zero-order chi connectivity index (χ0) is 31.9. The molecule has 0 saturated carbocycles. The molecule has 7 nitrogen and oxygen atoms in total. The predicted molar refractivity (Wildman–Crippen MR) is 172 cm³/mol. The van der Waals surface area contributed by atoms with Gasteiger partial charge in [0.2, 0.25) is 0 Å². The first-order valence-electron chi connectivity index (χ1n) is 15.1. The van der Waals surface area contributed by atoms with Crippen molar-refractivity contribution in [3.05, 3.63) is 60.1 Å². The molecule has 1 fully saturated rings. The van der Waals surface area contributed by atoms with E-state index < -0.39 is 44.5 Å². The highest BCUT2D eigenvalue weighted by Crippen LogP contribution is 2.44. The highest BCUT2D eigenvalue weighted by molar-refractivity contribution is 6.74. The van der Waals surface area contributed by atoms with Crippen molar-refractivity contribution in [2.75, 3.05) is 19.8 Å². The molecule has 2 rings (SSSR count). The average Bonchev–Trinajstić information content (AvgIpc) is 3.11. The summed E-state index contributed by atoms with van der Waals surface area (Å²) in [5.41, 5.74) is 0.740. The highest BCUT2D eigenvalue weighted by Gasteiger charge is 2.53.